The van der Waals surface area contributed by atoms with Crippen LogP contribution in [-0.4, -0.2) is 28.2 Å². The third-order valence-electron chi connectivity index (χ3n) is 3.57. The number of carbonyl (C=O) groups is 2. The van der Waals surface area contributed by atoms with Gasteiger partial charge in [0.05, 0.1) is 0 Å². The third-order valence-corrected chi connectivity index (χ3v) is 3.57. The zero-order valence-corrected chi connectivity index (χ0v) is 9.90. The Hall–Kier alpha value is -1.65. The highest BCUT2D eigenvalue weighted by atomic mass is 16.7. The molecule has 1 N–H and O–H groups in total. The predicted octanol–water partition coefficient (Wildman–Crippen LogP) is 1.53. The molecule has 5 heteroatoms. The van der Waals surface area contributed by atoms with Crippen LogP contribution < -0.4 is 0 Å². The molecule has 0 spiro atoms. The Morgan fingerprint density at radius 2 is 2.35 bits per heavy atom. The molecule has 0 saturated heterocycles. The zero-order chi connectivity index (χ0) is 12.6. The number of aliphatic carboxylic acids is 1. The Kier molecular flexibility index (Phi) is 2.77. The molecular weight excluding hydrogens is 222 g/mol. The number of rotatable bonds is 2. The first-order valence-corrected chi connectivity index (χ1v) is 5.60. The van der Waals surface area contributed by atoms with Crippen LogP contribution in [0.2, 0.25) is 0 Å². The summed E-state index contributed by atoms with van der Waals surface area (Å²) in [6.07, 6.45) is 3.29. The molecule has 0 radical (unpaired) electrons. The molecular formula is C12H15NO4. The summed E-state index contributed by atoms with van der Waals surface area (Å²) in [6, 6.07) is 0. The summed E-state index contributed by atoms with van der Waals surface area (Å²) >= 11 is 0. The van der Waals surface area contributed by atoms with Crippen LogP contribution in [-0.2, 0) is 14.4 Å². The number of hydrogen-bond donors (Lipinski definition) is 1. The first-order valence-electron chi connectivity index (χ1n) is 5.60. The molecule has 92 valence electrons. The summed E-state index contributed by atoms with van der Waals surface area (Å²) in [4.78, 5) is 27.7. The van der Waals surface area contributed by atoms with E-state index in [1.165, 1.54) is 0 Å². The van der Waals surface area contributed by atoms with E-state index in [0.717, 1.165) is 12.0 Å². The molecule has 0 aromatic heterocycles. The van der Waals surface area contributed by atoms with Gasteiger partial charge in [-0.1, -0.05) is 11.2 Å². The van der Waals surface area contributed by atoms with Gasteiger partial charge in [-0.2, -0.15) is 0 Å². The lowest BCUT2D eigenvalue weighted by atomic mass is 9.76. The maximum atomic E-state index is 11.6. The largest absolute Gasteiger partial charge is 0.477 e. The molecule has 0 aromatic carbocycles. The molecule has 0 fully saturated rings. The van der Waals surface area contributed by atoms with Crippen LogP contribution in [0.1, 0.15) is 33.1 Å². The molecule has 1 heterocycles. The SMILES string of the molecule is CC1=CC[C@H]([C@@]2(C)CC(C(=O)O)=NO2)CC1=O. The molecule has 1 aliphatic carbocycles. The fraction of sp³-hybridized carbons (Fsp3) is 0.583. The minimum Gasteiger partial charge on any atom is -0.477 e. The van der Waals surface area contributed by atoms with E-state index in [-0.39, 0.29) is 23.8 Å². The van der Waals surface area contributed by atoms with Gasteiger partial charge in [0.1, 0.15) is 5.60 Å². The maximum absolute atomic E-state index is 11.6. The normalized spacial score (nSPS) is 32.8. The Bertz CT molecular complexity index is 438. The second-order valence-corrected chi connectivity index (χ2v) is 4.87. The number of Topliss-reactive ketones (excluding diaryl/α,β-unsaturated/α-hetero) is 1. The Labute approximate surface area is 99.1 Å². The molecule has 0 aromatic rings. The van der Waals surface area contributed by atoms with E-state index in [2.05, 4.69) is 5.16 Å². The van der Waals surface area contributed by atoms with Crippen molar-refractivity contribution >= 4 is 17.5 Å². The van der Waals surface area contributed by atoms with E-state index in [9.17, 15) is 9.59 Å². The topological polar surface area (TPSA) is 76.0 Å². The summed E-state index contributed by atoms with van der Waals surface area (Å²) in [5.74, 6) is -0.947. The third kappa shape index (κ3) is 2.09. The first-order chi connectivity index (χ1) is 7.92. The van der Waals surface area contributed by atoms with Crippen LogP contribution in [0.4, 0.5) is 0 Å². The molecule has 2 rings (SSSR count). The van der Waals surface area contributed by atoms with E-state index < -0.39 is 11.6 Å². The average molecular weight is 237 g/mol. The number of carboxylic acids is 1. The Balaban J connectivity index is 2.10. The lowest BCUT2D eigenvalue weighted by Crippen LogP contribution is -2.38. The van der Waals surface area contributed by atoms with Crippen molar-refractivity contribution in [3.63, 3.8) is 0 Å². The van der Waals surface area contributed by atoms with Gasteiger partial charge < -0.3 is 9.94 Å². The molecule has 2 atom stereocenters. The van der Waals surface area contributed by atoms with Crippen LogP contribution in [0.5, 0.6) is 0 Å². The predicted molar refractivity (Wildman–Crippen MR) is 60.7 cm³/mol. The Morgan fingerprint density at radius 3 is 2.88 bits per heavy atom. The molecule has 0 bridgehead atoms. The fourth-order valence-corrected chi connectivity index (χ4v) is 2.26. The minimum atomic E-state index is -1.05. The monoisotopic (exact) mass is 237 g/mol. The summed E-state index contributed by atoms with van der Waals surface area (Å²) in [5.41, 5.74) is 0.147. The molecule has 5 nitrogen and oxygen atoms in total. The standard InChI is InChI=1S/C12H15NO4/c1-7-3-4-8(5-10(7)14)12(2)6-9(11(15)16)13-17-12/h3,8H,4-6H2,1-2H3,(H,15,16)/t8-,12+/m0/s1. The van der Waals surface area contributed by atoms with Gasteiger partial charge >= 0.3 is 5.97 Å². The van der Waals surface area contributed by atoms with Crippen molar-refractivity contribution in [1.82, 2.24) is 0 Å². The quantitative estimate of drug-likeness (QED) is 0.790. The summed E-state index contributed by atoms with van der Waals surface area (Å²) < 4.78 is 0. The number of ketones is 1. The lowest BCUT2D eigenvalue weighted by Gasteiger charge is -2.32. The van der Waals surface area contributed by atoms with Gasteiger partial charge in [0.2, 0.25) is 0 Å². The molecule has 0 amide bonds. The van der Waals surface area contributed by atoms with Gasteiger partial charge in [-0.15, -0.1) is 0 Å². The summed E-state index contributed by atoms with van der Waals surface area (Å²) in [5, 5.41) is 12.4. The number of carbonyl (C=O) groups excluding carboxylic acids is 1. The van der Waals surface area contributed by atoms with E-state index in [1.807, 2.05) is 13.0 Å². The van der Waals surface area contributed by atoms with Gasteiger partial charge in [0.25, 0.3) is 0 Å². The van der Waals surface area contributed by atoms with E-state index >= 15 is 0 Å². The summed E-state index contributed by atoms with van der Waals surface area (Å²) in [7, 11) is 0. The molecule has 0 unspecified atom stereocenters. The molecule has 0 saturated carbocycles. The second-order valence-electron chi connectivity index (χ2n) is 4.87. The first kappa shape index (κ1) is 11.8. The van der Waals surface area contributed by atoms with Crippen LogP contribution in [0.3, 0.4) is 0 Å². The number of carboxylic acid groups (broad SMARTS) is 1. The Morgan fingerprint density at radius 1 is 1.65 bits per heavy atom. The number of oxime groups is 1. The van der Waals surface area contributed by atoms with Crippen molar-refractivity contribution in [3.05, 3.63) is 11.6 Å². The van der Waals surface area contributed by atoms with Crippen LogP contribution >= 0.6 is 0 Å². The van der Waals surface area contributed by atoms with Gasteiger partial charge in [0.15, 0.2) is 11.5 Å². The van der Waals surface area contributed by atoms with Crippen molar-refractivity contribution in [3.8, 4) is 0 Å². The number of nitrogens with zero attached hydrogens (tertiary/aromatic N) is 1. The number of allylic oxidation sites excluding steroid dienone is 2. The molecule has 17 heavy (non-hydrogen) atoms. The smallest absolute Gasteiger partial charge is 0.353 e. The van der Waals surface area contributed by atoms with E-state index in [1.54, 1.807) is 6.92 Å². The highest BCUT2D eigenvalue weighted by Gasteiger charge is 2.45. The summed E-state index contributed by atoms with van der Waals surface area (Å²) in [6.45, 7) is 3.62. The van der Waals surface area contributed by atoms with Crippen molar-refractivity contribution in [2.75, 3.05) is 0 Å². The van der Waals surface area contributed by atoms with Crippen molar-refractivity contribution in [2.24, 2.45) is 11.1 Å². The van der Waals surface area contributed by atoms with E-state index in [4.69, 9.17) is 9.94 Å². The van der Waals surface area contributed by atoms with E-state index in [0.29, 0.717) is 6.42 Å². The minimum absolute atomic E-state index is 0.000648. The highest BCUT2D eigenvalue weighted by Crippen LogP contribution is 2.38. The number of hydrogen-bond acceptors (Lipinski definition) is 4. The van der Waals surface area contributed by atoms with Crippen molar-refractivity contribution in [2.45, 2.75) is 38.7 Å². The molecule has 1 aliphatic heterocycles. The molecule has 2 aliphatic rings. The van der Waals surface area contributed by atoms with Gasteiger partial charge in [-0.3, -0.25) is 4.79 Å². The zero-order valence-electron chi connectivity index (χ0n) is 9.90. The van der Waals surface area contributed by atoms with Crippen LogP contribution in [0.25, 0.3) is 0 Å². The highest BCUT2D eigenvalue weighted by molar-refractivity contribution is 6.36. The average Bonchev–Trinajstić information content (AvgIpc) is 2.66. The second kappa shape index (κ2) is 3.98. The van der Waals surface area contributed by atoms with Crippen molar-refractivity contribution in [1.29, 1.82) is 0 Å². The van der Waals surface area contributed by atoms with Gasteiger partial charge in [-0.05, 0) is 25.8 Å². The van der Waals surface area contributed by atoms with Crippen LogP contribution in [0, 0.1) is 5.92 Å². The maximum Gasteiger partial charge on any atom is 0.353 e. The van der Waals surface area contributed by atoms with Crippen LogP contribution in [0.15, 0.2) is 16.8 Å². The van der Waals surface area contributed by atoms with Gasteiger partial charge in [-0.25, -0.2) is 4.79 Å². The van der Waals surface area contributed by atoms with Gasteiger partial charge in [0, 0.05) is 18.8 Å². The fourth-order valence-electron chi connectivity index (χ4n) is 2.26. The lowest BCUT2D eigenvalue weighted by molar-refractivity contribution is -0.129. The van der Waals surface area contributed by atoms with Crippen molar-refractivity contribution < 1.29 is 19.5 Å².